The first kappa shape index (κ1) is 16.8. The monoisotopic (exact) mass is 294 g/mol. The van der Waals surface area contributed by atoms with Gasteiger partial charge in [-0.05, 0) is 62.4 Å². The molecule has 3 atom stereocenters. The molecule has 3 nitrogen and oxygen atoms in total. The van der Waals surface area contributed by atoms with Crippen molar-refractivity contribution in [1.82, 2.24) is 10.6 Å². The number of piperidine rings is 1. The minimum atomic E-state index is 0.287. The fourth-order valence-electron chi connectivity index (χ4n) is 4.12. The van der Waals surface area contributed by atoms with Crippen LogP contribution < -0.4 is 10.6 Å². The molecule has 1 amide bonds. The SMILES string of the molecule is CC(C)C1CCCC(NC(=O)CC(C)C2CCNCC2)C1. The zero-order valence-electron chi connectivity index (χ0n) is 14.2. The second-order valence-corrected chi connectivity index (χ2v) is 7.70. The molecule has 1 saturated carbocycles. The Labute approximate surface area is 130 Å². The number of rotatable bonds is 5. The van der Waals surface area contributed by atoms with Gasteiger partial charge in [0, 0.05) is 12.5 Å². The van der Waals surface area contributed by atoms with Crippen LogP contribution in [-0.4, -0.2) is 25.0 Å². The molecule has 1 saturated heterocycles. The van der Waals surface area contributed by atoms with Gasteiger partial charge in [0.2, 0.25) is 5.91 Å². The Morgan fingerprint density at radius 1 is 1.10 bits per heavy atom. The van der Waals surface area contributed by atoms with E-state index in [1.54, 1.807) is 0 Å². The number of carbonyl (C=O) groups is 1. The number of hydrogen-bond donors (Lipinski definition) is 2. The molecule has 1 heterocycles. The van der Waals surface area contributed by atoms with Gasteiger partial charge in [-0.25, -0.2) is 0 Å². The summed E-state index contributed by atoms with van der Waals surface area (Å²) in [6.07, 6.45) is 8.16. The van der Waals surface area contributed by atoms with Gasteiger partial charge in [-0.1, -0.05) is 33.6 Å². The van der Waals surface area contributed by atoms with Crippen LogP contribution in [0.3, 0.4) is 0 Å². The number of amides is 1. The average molecular weight is 294 g/mol. The smallest absolute Gasteiger partial charge is 0.220 e. The summed E-state index contributed by atoms with van der Waals surface area (Å²) in [4.78, 5) is 12.3. The van der Waals surface area contributed by atoms with Gasteiger partial charge in [0.25, 0.3) is 0 Å². The molecule has 0 aromatic heterocycles. The van der Waals surface area contributed by atoms with Crippen molar-refractivity contribution in [3.63, 3.8) is 0 Å². The Bertz CT molecular complexity index is 323. The van der Waals surface area contributed by atoms with Crippen LogP contribution in [0.4, 0.5) is 0 Å². The molecule has 0 bridgehead atoms. The van der Waals surface area contributed by atoms with Gasteiger partial charge in [-0.2, -0.15) is 0 Å². The third-order valence-electron chi connectivity index (χ3n) is 5.72. The Kier molecular flexibility index (Phi) is 6.53. The zero-order valence-corrected chi connectivity index (χ0v) is 14.2. The van der Waals surface area contributed by atoms with E-state index in [2.05, 4.69) is 31.4 Å². The Morgan fingerprint density at radius 3 is 2.48 bits per heavy atom. The summed E-state index contributed by atoms with van der Waals surface area (Å²) in [5.74, 6) is 3.09. The lowest BCUT2D eigenvalue weighted by Crippen LogP contribution is -2.40. The highest BCUT2D eigenvalue weighted by atomic mass is 16.1. The molecule has 1 aliphatic heterocycles. The first-order chi connectivity index (χ1) is 10.1. The van der Waals surface area contributed by atoms with Crippen LogP contribution in [-0.2, 0) is 4.79 Å². The first-order valence-electron chi connectivity index (χ1n) is 9.06. The molecule has 1 aliphatic carbocycles. The van der Waals surface area contributed by atoms with Crippen molar-refractivity contribution in [1.29, 1.82) is 0 Å². The zero-order chi connectivity index (χ0) is 15.2. The summed E-state index contributed by atoms with van der Waals surface area (Å²) in [6, 6.07) is 0.430. The van der Waals surface area contributed by atoms with E-state index in [1.165, 1.54) is 38.5 Å². The van der Waals surface area contributed by atoms with Crippen LogP contribution in [0.1, 0.15) is 65.7 Å². The van der Waals surface area contributed by atoms with Crippen molar-refractivity contribution >= 4 is 5.91 Å². The molecule has 2 rings (SSSR count). The Morgan fingerprint density at radius 2 is 1.81 bits per heavy atom. The quantitative estimate of drug-likeness (QED) is 0.816. The predicted molar refractivity (Wildman–Crippen MR) is 88.1 cm³/mol. The van der Waals surface area contributed by atoms with E-state index in [4.69, 9.17) is 0 Å². The number of carbonyl (C=O) groups excluding carboxylic acids is 1. The van der Waals surface area contributed by atoms with Crippen molar-refractivity contribution in [2.45, 2.75) is 71.8 Å². The molecule has 21 heavy (non-hydrogen) atoms. The van der Waals surface area contributed by atoms with Crippen LogP contribution in [0.25, 0.3) is 0 Å². The standard InChI is InChI=1S/C18H34N2O/c1-13(2)16-5-4-6-17(12-16)20-18(21)11-14(3)15-7-9-19-10-8-15/h13-17,19H,4-12H2,1-3H3,(H,20,21). The molecule has 3 unspecified atom stereocenters. The Balaban J connectivity index is 1.73. The van der Waals surface area contributed by atoms with Gasteiger partial charge in [0.15, 0.2) is 0 Å². The number of nitrogens with one attached hydrogen (secondary N) is 2. The maximum atomic E-state index is 12.3. The third-order valence-corrected chi connectivity index (χ3v) is 5.72. The van der Waals surface area contributed by atoms with Crippen molar-refractivity contribution in [3.8, 4) is 0 Å². The lowest BCUT2D eigenvalue weighted by Gasteiger charge is -2.33. The van der Waals surface area contributed by atoms with E-state index in [0.29, 0.717) is 18.4 Å². The topological polar surface area (TPSA) is 41.1 Å². The fraction of sp³-hybridized carbons (Fsp3) is 0.944. The molecule has 0 spiro atoms. The maximum Gasteiger partial charge on any atom is 0.220 e. The van der Waals surface area contributed by atoms with Crippen molar-refractivity contribution in [2.24, 2.45) is 23.7 Å². The van der Waals surface area contributed by atoms with Crippen molar-refractivity contribution < 1.29 is 4.79 Å². The minimum Gasteiger partial charge on any atom is -0.353 e. The molecule has 0 aromatic carbocycles. The molecular weight excluding hydrogens is 260 g/mol. The van der Waals surface area contributed by atoms with Gasteiger partial charge in [0.05, 0.1) is 0 Å². The van der Waals surface area contributed by atoms with Crippen LogP contribution in [0.5, 0.6) is 0 Å². The number of hydrogen-bond acceptors (Lipinski definition) is 2. The van der Waals surface area contributed by atoms with Crippen molar-refractivity contribution in [2.75, 3.05) is 13.1 Å². The lowest BCUT2D eigenvalue weighted by molar-refractivity contribution is -0.123. The summed E-state index contributed by atoms with van der Waals surface area (Å²) in [5, 5.41) is 6.72. The maximum absolute atomic E-state index is 12.3. The van der Waals surface area contributed by atoms with Crippen LogP contribution in [0.15, 0.2) is 0 Å². The van der Waals surface area contributed by atoms with E-state index in [1.807, 2.05) is 0 Å². The van der Waals surface area contributed by atoms with Crippen LogP contribution >= 0.6 is 0 Å². The minimum absolute atomic E-state index is 0.287. The second-order valence-electron chi connectivity index (χ2n) is 7.70. The van der Waals surface area contributed by atoms with Gasteiger partial charge in [-0.15, -0.1) is 0 Å². The van der Waals surface area contributed by atoms with E-state index in [9.17, 15) is 4.79 Å². The Hall–Kier alpha value is -0.570. The van der Waals surface area contributed by atoms with Gasteiger partial charge in [-0.3, -0.25) is 4.79 Å². The van der Waals surface area contributed by atoms with E-state index in [-0.39, 0.29) is 5.91 Å². The summed E-state index contributed by atoms with van der Waals surface area (Å²) < 4.78 is 0. The van der Waals surface area contributed by atoms with Crippen LogP contribution in [0, 0.1) is 23.7 Å². The van der Waals surface area contributed by atoms with E-state index >= 15 is 0 Å². The summed E-state index contributed by atoms with van der Waals surface area (Å²) in [6.45, 7) is 9.13. The first-order valence-corrected chi connectivity index (χ1v) is 9.06. The molecule has 2 aliphatic rings. The van der Waals surface area contributed by atoms with Crippen LogP contribution in [0.2, 0.25) is 0 Å². The highest BCUT2D eigenvalue weighted by Crippen LogP contribution is 2.30. The largest absolute Gasteiger partial charge is 0.353 e. The van der Waals surface area contributed by atoms with E-state index in [0.717, 1.165) is 30.8 Å². The highest BCUT2D eigenvalue weighted by molar-refractivity contribution is 5.76. The second kappa shape index (κ2) is 8.17. The van der Waals surface area contributed by atoms with Gasteiger partial charge in [0.1, 0.15) is 0 Å². The predicted octanol–water partition coefficient (Wildman–Crippen LogP) is 3.34. The fourth-order valence-corrected chi connectivity index (χ4v) is 4.12. The molecule has 122 valence electrons. The summed E-state index contributed by atoms with van der Waals surface area (Å²) in [5.41, 5.74) is 0. The van der Waals surface area contributed by atoms with Crippen molar-refractivity contribution in [3.05, 3.63) is 0 Å². The molecular formula is C18H34N2O. The lowest BCUT2D eigenvalue weighted by atomic mass is 9.79. The average Bonchev–Trinajstić information content (AvgIpc) is 2.48. The summed E-state index contributed by atoms with van der Waals surface area (Å²) in [7, 11) is 0. The molecule has 2 N–H and O–H groups in total. The molecule has 0 radical (unpaired) electrons. The van der Waals surface area contributed by atoms with Gasteiger partial charge < -0.3 is 10.6 Å². The normalized spacial score (nSPS) is 29.3. The van der Waals surface area contributed by atoms with Gasteiger partial charge >= 0.3 is 0 Å². The molecule has 0 aromatic rings. The van der Waals surface area contributed by atoms with E-state index < -0.39 is 0 Å². The molecule has 3 heteroatoms. The molecule has 2 fully saturated rings. The third kappa shape index (κ3) is 5.28. The summed E-state index contributed by atoms with van der Waals surface area (Å²) >= 11 is 0. The highest BCUT2D eigenvalue weighted by Gasteiger charge is 2.27.